The Morgan fingerprint density at radius 1 is 1.33 bits per heavy atom. The molecule has 4 nitrogen and oxygen atoms in total. The Bertz CT molecular complexity index is 467. The average Bonchev–Trinajstić information content (AvgIpc) is 2.54. The van der Waals surface area contributed by atoms with Gasteiger partial charge in [-0.1, -0.05) is 25.3 Å². The smallest absolute Gasteiger partial charge is 0.338 e. The number of anilines is 1. The number of aliphatic hydroxyl groups excluding tert-OH is 1. The highest BCUT2D eigenvalue weighted by Crippen LogP contribution is 2.36. The monoisotopic (exact) mass is 291 g/mol. The van der Waals surface area contributed by atoms with E-state index >= 15 is 0 Å². The van der Waals surface area contributed by atoms with Crippen molar-refractivity contribution in [3.63, 3.8) is 0 Å². The number of carbonyl (C=O) groups excluding carboxylic acids is 1. The Morgan fingerprint density at radius 2 is 2.10 bits per heavy atom. The van der Waals surface area contributed by atoms with Gasteiger partial charge in [0, 0.05) is 17.6 Å². The summed E-state index contributed by atoms with van der Waals surface area (Å²) in [6, 6.07) is 7.36. The van der Waals surface area contributed by atoms with Crippen LogP contribution in [0.2, 0.25) is 0 Å². The van der Waals surface area contributed by atoms with Gasteiger partial charge in [-0.15, -0.1) is 0 Å². The molecule has 0 bridgehead atoms. The summed E-state index contributed by atoms with van der Waals surface area (Å²) in [5.74, 6) is -0.296. The number of carbonyl (C=O) groups is 1. The lowest BCUT2D eigenvalue weighted by Crippen LogP contribution is -2.35. The number of rotatable bonds is 6. The van der Waals surface area contributed by atoms with E-state index in [0.29, 0.717) is 12.2 Å². The normalized spacial score (nSPS) is 17.2. The summed E-state index contributed by atoms with van der Waals surface area (Å²) < 4.78 is 5.01. The minimum absolute atomic E-state index is 0.0157. The van der Waals surface area contributed by atoms with Crippen molar-refractivity contribution in [2.45, 2.75) is 39.0 Å². The van der Waals surface area contributed by atoms with Gasteiger partial charge in [-0.25, -0.2) is 4.79 Å². The van der Waals surface area contributed by atoms with Crippen LogP contribution in [0.1, 0.15) is 49.4 Å². The Morgan fingerprint density at radius 3 is 2.76 bits per heavy atom. The van der Waals surface area contributed by atoms with Crippen LogP contribution >= 0.6 is 0 Å². The number of nitrogens with one attached hydrogen (secondary N) is 1. The maximum absolute atomic E-state index is 11.7. The quantitative estimate of drug-likeness (QED) is 0.790. The van der Waals surface area contributed by atoms with Crippen LogP contribution in [0.15, 0.2) is 24.3 Å². The predicted octanol–water partition coefficient (Wildman–Crippen LogP) is 3.22. The van der Waals surface area contributed by atoms with Gasteiger partial charge >= 0.3 is 5.97 Å². The SMILES string of the molecule is CCOC(=O)c1cccc(NCC2(CO)CCCCC2)c1. The fourth-order valence-corrected chi connectivity index (χ4v) is 2.95. The molecule has 0 unspecified atom stereocenters. The van der Waals surface area contributed by atoms with E-state index in [1.807, 2.05) is 18.2 Å². The minimum Gasteiger partial charge on any atom is -0.462 e. The van der Waals surface area contributed by atoms with E-state index in [2.05, 4.69) is 5.32 Å². The van der Waals surface area contributed by atoms with Crippen molar-refractivity contribution in [1.82, 2.24) is 0 Å². The lowest BCUT2D eigenvalue weighted by molar-refractivity contribution is 0.0526. The van der Waals surface area contributed by atoms with Gasteiger partial charge in [0.1, 0.15) is 0 Å². The maximum atomic E-state index is 11.7. The number of hydrogen-bond acceptors (Lipinski definition) is 4. The molecule has 2 rings (SSSR count). The molecular weight excluding hydrogens is 266 g/mol. The fourth-order valence-electron chi connectivity index (χ4n) is 2.95. The zero-order valence-corrected chi connectivity index (χ0v) is 12.7. The maximum Gasteiger partial charge on any atom is 0.338 e. The van der Waals surface area contributed by atoms with E-state index in [1.165, 1.54) is 19.3 Å². The molecule has 4 heteroatoms. The molecule has 0 saturated heterocycles. The molecule has 1 aromatic rings. The summed E-state index contributed by atoms with van der Waals surface area (Å²) in [7, 11) is 0. The Balaban J connectivity index is 1.99. The van der Waals surface area contributed by atoms with Crippen molar-refractivity contribution in [2.75, 3.05) is 25.1 Å². The van der Waals surface area contributed by atoms with Gasteiger partial charge in [-0.3, -0.25) is 0 Å². The highest BCUT2D eigenvalue weighted by atomic mass is 16.5. The topological polar surface area (TPSA) is 58.6 Å². The van der Waals surface area contributed by atoms with Gasteiger partial charge in [-0.2, -0.15) is 0 Å². The van der Waals surface area contributed by atoms with Crippen molar-refractivity contribution in [1.29, 1.82) is 0 Å². The minimum atomic E-state index is -0.296. The molecule has 0 aliphatic heterocycles. The van der Waals surface area contributed by atoms with E-state index in [0.717, 1.165) is 25.1 Å². The second-order valence-electron chi connectivity index (χ2n) is 5.87. The fraction of sp³-hybridized carbons (Fsp3) is 0.588. The third-order valence-electron chi connectivity index (χ3n) is 4.29. The van der Waals surface area contributed by atoms with Crippen molar-refractivity contribution < 1.29 is 14.6 Å². The molecule has 0 heterocycles. The first-order valence-corrected chi connectivity index (χ1v) is 7.81. The van der Waals surface area contributed by atoms with Crippen LogP contribution in [0, 0.1) is 5.41 Å². The Kier molecular flexibility index (Phi) is 5.62. The first kappa shape index (κ1) is 15.8. The Labute approximate surface area is 126 Å². The lowest BCUT2D eigenvalue weighted by Gasteiger charge is -2.36. The molecular formula is C17H25NO3. The molecule has 116 valence electrons. The zero-order chi connectivity index (χ0) is 15.1. The summed E-state index contributed by atoms with van der Waals surface area (Å²) in [5, 5.41) is 13.1. The molecule has 21 heavy (non-hydrogen) atoms. The van der Waals surface area contributed by atoms with Crippen molar-refractivity contribution in [2.24, 2.45) is 5.41 Å². The summed E-state index contributed by atoms with van der Waals surface area (Å²) in [6.07, 6.45) is 5.76. The van der Waals surface area contributed by atoms with Crippen LogP contribution < -0.4 is 5.32 Å². The first-order valence-electron chi connectivity index (χ1n) is 7.81. The van der Waals surface area contributed by atoms with E-state index < -0.39 is 0 Å². The third-order valence-corrected chi connectivity index (χ3v) is 4.29. The van der Waals surface area contributed by atoms with Gasteiger partial charge in [-0.05, 0) is 38.0 Å². The first-order chi connectivity index (χ1) is 10.2. The molecule has 1 fully saturated rings. The molecule has 1 aliphatic carbocycles. The van der Waals surface area contributed by atoms with E-state index in [1.54, 1.807) is 13.0 Å². The number of ether oxygens (including phenoxy) is 1. The molecule has 0 radical (unpaired) electrons. The molecule has 1 saturated carbocycles. The van der Waals surface area contributed by atoms with E-state index in [-0.39, 0.29) is 18.0 Å². The number of benzene rings is 1. The molecule has 0 spiro atoms. The Hall–Kier alpha value is -1.55. The largest absolute Gasteiger partial charge is 0.462 e. The van der Waals surface area contributed by atoms with Gasteiger partial charge in [0.15, 0.2) is 0 Å². The molecule has 1 aliphatic rings. The summed E-state index contributed by atoms with van der Waals surface area (Å²) >= 11 is 0. The van der Waals surface area contributed by atoms with Gasteiger partial charge in [0.25, 0.3) is 0 Å². The highest BCUT2D eigenvalue weighted by molar-refractivity contribution is 5.90. The van der Waals surface area contributed by atoms with Gasteiger partial charge in [0.05, 0.1) is 18.8 Å². The van der Waals surface area contributed by atoms with Crippen LogP contribution in [-0.2, 0) is 4.74 Å². The van der Waals surface area contributed by atoms with Crippen molar-refractivity contribution >= 4 is 11.7 Å². The standard InChI is InChI=1S/C17H25NO3/c1-2-21-16(20)14-7-6-8-15(11-14)18-12-17(13-19)9-4-3-5-10-17/h6-8,11,18-19H,2-5,9-10,12-13H2,1H3. The molecule has 1 aromatic carbocycles. The third kappa shape index (κ3) is 4.21. The van der Waals surface area contributed by atoms with E-state index in [9.17, 15) is 9.90 Å². The predicted molar refractivity (Wildman–Crippen MR) is 83.5 cm³/mol. The summed E-state index contributed by atoms with van der Waals surface area (Å²) in [5.41, 5.74) is 1.44. The van der Waals surface area contributed by atoms with Crippen molar-refractivity contribution in [3.8, 4) is 0 Å². The summed E-state index contributed by atoms with van der Waals surface area (Å²) in [4.78, 5) is 11.7. The summed E-state index contributed by atoms with van der Waals surface area (Å²) in [6.45, 7) is 3.14. The number of esters is 1. The number of hydrogen-bond donors (Lipinski definition) is 2. The van der Waals surface area contributed by atoms with Crippen LogP contribution in [0.25, 0.3) is 0 Å². The molecule has 0 amide bonds. The highest BCUT2D eigenvalue weighted by Gasteiger charge is 2.31. The molecule has 2 N–H and O–H groups in total. The van der Waals surface area contributed by atoms with E-state index in [4.69, 9.17) is 4.74 Å². The molecule has 0 atom stereocenters. The van der Waals surface area contributed by atoms with Crippen LogP contribution in [0.3, 0.4) is 0 Å². The number of aliphatic hydroxyl groups is 1. The molecule has 0 aromatic heterocycles. The average molecular weight is 291 g/mol. The second-order valence-corrected chi connectivity index (χ2v) is 5.87. The second kappa shape index (κ2) is 7.46. The van der Waals surface area contributed by atoms with Crippen LogP contribution in [0.4, 0.5) is 5.69 Å². The lowest BCUT2D eigenvalue weighted by atomic mass is 9.74. The zero-order valence-electron chi connectivity index (χ0n) is 12.7. The van der Waals surface area contributed by atoms with Crippen LogP contribution in [-0.4, -0.2) is 30.8 Å². The van der Waals surface area contributed by atoms with Gasteiger partial charge in [0.2, 0.25) is 0 Å². The van der Waals surface area contributed by atoms with Crippen LogP contribution in [0.5, 0.6) is 0 Å². The van der Waals surface area contributed by atoms with Crippen molar-refractivity contribution in [3.05, 3.63) is 29.8 Å². The van der Waals surface area contributed by atoms with Gasteiger partial charge < -0.3 is 15.2 Å².